The van der Waals surface area contributed by atoms with Crippen LogP contribution in [-0.4, -0.2) is 10.1 Å². The number of hydrogen-bond acceptors (Lipinski definition) is 3. The van der Waals surface area contributed by atoms with E-state index in [4.69, 9.17) is 27.9 Å². The Labute approximate surface area is 115 Å². The molecule has 1 N–H and O–H groups in total. The van der Waals surface area contributed by atoms with Crippen molar-refractivity contribution < 1.29 is 9.84 Å². The van der Waals surface area contributed by atoms with Gasteiger partial charge in [-0.25, -0.2) is 4.98 Å². The van der Waals surface area contributed by atoms with E-state index in [0.29, 0.717) is 21.7 Å². The molecule has 1 atom stereocenters. The molecular weight excluding hydrogens is 273 g/mol. The van der Waals surface area contributed by atoms with Crippen LogP contribution in [0.2, 0.25) is 10.0 Å². The molecule has 1 aromatic heterocycles. The van der Waals surface area contributed by atoms with Gasteiger partial charge in [0.05, 0.1) is 11.1 Å². The van der Waals surface area contributed by atoms with E-state index in [2.05, 4.69) is 4.98 Å². The van der Waals surface area contributed by atoms with E-state index in [-0.39, 0.29) is 0 Å². The van der Waals surface area contributed by atoms with E-state index in [0.717, 1.165) is 5.56 Å². The molecule has 0 aliphatic carbocycles. The van der Waals surface area contributed by atoms with Crippen LogP contribution in [0.1, 0.15) is 18.6 Å². The molecule has 5 heteroatoms. The summed E-state index contributed by atoms with van der Waals surface area (Å²) >= 11 is 11.8. The van der Waals surface area contributed by atoms with Crippen LogP contribution in [-0.2, 0) is 0 Å². The SMILES string of the molecule is C[C@@H](O)c1ccc(Oc2cc(Cl)ccc2Cl)nc1. The highest BCUT2D eigenvalue weighted by Crippen LogP contribution is 2.31. The first-order chi connectivity index (χ1) is 8.56. The summed E-state index contributed by atoms with van der Waals surface area (Å²) in [4.78, 5) is 4.08. The van der Waals surface area contributed by atoms with Gasteiger partial charge in [0.15, 0.2) is 0 Å². The van der Waals surface area contributed by atoms with Crippen LogP contribution in [0.5, 0.6) is 11.6 Å². The lowest BCUT2D eigenvalue weighted by Gasteiger charge is -2.08. The fourth-order valence-electron chi connectivity index (χ4n) is 1.37. The number of nitrogens with zero attached hydrogens (tertiary/aromatic N) is 1. The zero-order chi connectivity index (χ0) is 13.1. The molecule has 0 spiro atoms. The third-order valence-corrected chi connectivity index (χ3v) is 2.90. The van der Waals surface area contributed by atoms with E-state index >= 15 is 0 Å². The van der Waals surface area contributed by atoms with Crippen molar-refractivity contribution in [2.45, 2.75) is 13.0 Å². The maximum absolute atomic E-state index is 9.37. The molecule has 3 nitrogen and oxygen atoms in total. The van der Waals surface area contributed by atoms with Crippen LogP contribution in [0, 0.1) is 0 Å². The monoisotopic (exact) mass is 283 g/mol. The van der Waals surface area contributed by atoms with E-state index in [1.54, 1.807) is 43.5 Å². The fraction of sp³-hybridized carbons (Fsp3) is 0.154. The molecule has 2 aromatic rings. The fourth-order valence-corrected chi connectivity index (χ4v) is 1.69. The maximum atomic E-state index is 9.37. The summed E-state index contributed by atoms with van der Waals surface area (Å²) in [6.45, 7) is 1.67. The molecule has 2 rings (SSSR count). The number of ether oxygens (including phenoxy) is 1. The Morgan fingerprint density at radius 3 is 2.61 bits per heavy atom. The van der Waals surface area contributed by atoms with Gasteiger partial charge in [-0.1, -0.05) is 23.2 Å². The Bertz CT molecular complexity index is 541. The van der Waals surface area contributed by atoms with Crippen molar-refractivity contribution in [1.29, 1.82) is 0 Å². The summed E-state index contributed by atoms with van der Waals surface area (Å²) in [5.41, 5.74) is 0.722. The number of pyridine rings is 1. The molecule has 0 unspecified atom stereocenters. The summed E-state index contributed by atoms with van der Waals surface area (Å²) in [5, 5.41) is 10.4. The Kier molecular flexibility index (Phi) is 4.07. The predicted molar refractivity (Wildman–Crippen MR) is 71.4 cm³/mol. The molecule has 0 saturated carbocycles. The second kappa shape index (κ2) is 5.57. The van der Waals surface area contributed by atoms with Crippen molar-refractivity contribution >= 4 is 23.2 Å². The standard InChI is InChI=1S/C13H11Cl2NO2/c1-8(17)9-2-5-13(16-7-9)18-12-6-10(14)3-4-11(12)15/h2-8,17H,1H3/t8-/m1/s1. The number of benzene rings is 1. The van der Waals surface area contributed by atoms with Crippen molar-refractivity contribution in [3.8, 4) is 11.6 Å². The van der Waals surface area contributed by atoms with Crippen molar-refractivity contribution in [3.63, 3.8) is 0 Å². The molecule has 0 radical (unpaired) electrons. The van der Waals surface area contributed by atoms with Gasteiger partial charge in [-0.15, -0.1) is 0 Å². The molecule has 0 bridgehead atoms. The van der Waals surface area contributed by atoms with Gasteiger partial charge in [0.25, 0.3) is 0 Å². The lowest BCUT2D eigenvalue weighted by molar-refractivity contribution is 0.198. The quantitative estimate of drug-likeness (QED) is 0.916. The number of rotatable bonds is 3. The van der Waals surface area contributed by atoms with E-state index in [1.807, 2.05) is 0 Å². The second-order valence-corrected chi connectivity index (χ2v) is 4.63. The van der Waals surface area contributed by atoms with E-state index in [1.165, 1.54) is 0 Å². The molecule has 0 aliphatic heterocycles. The number of aliphatic hydroxyl groups excluding tert-OH is 1. The minimum Gasteiger partial charge on any atom is -0.437 e. The van der Waals surface area contributed by atoms with E-state index < -0.39 is 6.10 Å². The summed E-state index contributed by atoms with van der Waals surface area (Å²) in [7, 11) is 0. The van der Waals surface area contributed by atoms with Crippen molar-refractivity contribution in [2.24, 2.45) is 0 Å². The van der Waals surface area contributed by atoms with E-state index in [9.17, 15) is 5.11 Å². The van der Waals surface area contributed by atoms with Crippen molar-refractivity contribution in [2.75, 3.05) is 0 Å². The first-order valence-electron chi connectivity index (χ1n) is 5.33. The highest BCUT2D eigenvalue weighted by Gasteiger charge is 2.06. The predicted octanol–water partition coefficient (Wildman–Crippen LogP) is 4.23. The van der Waals surface area contributed by atoms with Crippen LogP contribution < -0.4 is 4.74 Å². The smallest absolute Gasteiger partial charge is 0.219 e. The molecule has 1 heterocycles. The van der Waals surface area contributed by atoms with Gasteiger partial charge in [0.2, 0.25) is 5.88 Å². The average Bonchev–Trinajstić information content (AvgIpc) is 2.34. The first kappa shape index (κ1) is 13.1. The summed E-state index contributed by atoms with van der Waals surface area (Å²) < 4.78 is 5.52. The van der Waals surface area contributed by atoms with Gasteiger partial charge in [-0.05, 0) is 30.7 Å². The largest absolute Gasteiger partial charge is 0.437 e. The summed E-state index contributed by atoms with van der Waals surface area (Å²) in [6.07, 6.45) is 1.000. The third kappa shape index (κ3) is 3.13. The number of hydrogen-bond donors (Lipinski definition) is 1. The lowest BCUT2D eigenvalue weighted by atomic mass is 10.2. The minimum atomic E-state index is -0.554. The lowest BCUT2D eigenvalue weighted by Crippen LogP contribution is -1.94. The molecule has 0 aliphatic rings. The average molecular weight is 284 g/mol. The molecule has 0 fully saturated rings. The van der Waals surface area contributed by atoms with Gasteiger partial charge in [0, 0.05) is 23.4 Å². The number of aromatic nitrogens is 1. The zero-order valence-corrected chi connectivity index (χ0v) is 11.1. The highest BCUT2D eigenvalue weighted by molar-refractivity contribution is 6.34. The molecule has 0 amide bonds. The highest BCUT2D eigenvalue weighted by atomic mass is 35.5. The molecule has 1 aromatic carbocycles. The molecule has 94 valence electrons. The number of aliphatic hydroxyl groups is 1. The second-order valence-electron chi connectivity index (χ2n) is 3.78. The summed E-state index contributed by atoms with van der Waals surface area (Å²) in [6, 6.07) is 8.36. The third-order valence-electron chi connectivity index (χ3n) is 2.35. The van der Waals surface area contributed by atoms with Crippen molar-refractivity contribution in [3.05, 3.63) is 52.1 Å². The number of halogens is 2. The first-order valence-corrected chi connectivity index (χ1v) is 6.09. The molecule has 18 heavy (non-hydrogen) atoms. The van der Waals surface area contributed by atoms with Crippen LogP contribution in [0.4, 0.5) is 0 Å². The maximum Gasteiger partial charge on any atom is 0.219 e. The Hall–Kier alpha value is -1.29. The van der Waals surface area contributed by atoms with Crippen molar-refractivity contribution in [1.82, 2.24) is 4.98 Å². The Morgan fingerprint density at radius 1 is 1.22 bits per heavy atom. The van der Waals surface area contributed by atoms with Gasteiger partial charge in [0.1, 0.15) is 5.75 Å². The molecule has 0 saturated heterocycles. The van der Waals surface area contributed by atoms with Crippen LogP contribution >= 0.6 is 23.2 Å². The van der Waals surface area contributed by atoms with Crippen LogP contribution in [0.25, 0.3) is 0 Å². The van der Waals surface area contributed by atoms with Gasteiger partial charge >= 0.3 is 0 Å². The van der Waals surface area contributed by atoms with Gasteiger partial charge < -0.3 is 9.84 Å². The minimum absolute atomic E-state index is 0.392. The normalized spacial score (nSPS) is 12.2. The summed E-state index contributed by atoms with van der Waals surface area (Å²) in [5.74, 6) is 0.838. The topological polar surface area (TPSA) is 42.4 Å². The van der Waals surface area contributed by atoms with Gasteiger partial charge in [-0.2, -0.15) is 0 Å². The van der Waals surface area contributed by atoms with Crippen LogP contribution in [0.3, 0.4) is 0 Å². The van der Waals surface area contributed by atoms with Gasteiger partial charge in [-0.3, -0.25) is 0 Å². The Balaban J connectivity index is 2.21. The zero-order valence-electron chi connectivity index (χ0n) is 9.60. The molecular formula is C13H11Cl2NO2. The Morgan fingerprint density at radius 2 is 2.00 bits per heavy atom. The van der Waals surface area contributed by atoms with Crippen LogP contribution in [0.15, 0.2) is 36.5 Å².